The van der Waals surface area contributed by atoms with E-state index in [9.17, 15) is 21.6 Å². The van der Waals surface area contributed by atoms with E-state index in [2.05, 4.69) is 10.2 Å². The molecule has 25 heavy (non-hydrogen) atoms. The molecular formula is C16H12F3N3O2S. The first-order valence-corrected chi connectivity index (χ1v) is 8.94. The predicted molar refractivity (Wildman–Crippen MR) is 84.9 cm³/mol. The maximum absolute atomic E-state index is 12.8. The molecule has 0 aliphatic heterocycles. The van der Waals surface area contributed by atoms with Crippen molar-refractivity contribution in [3.05, 3.63) is 60.3 Å². The Morgan fingerprint density at radius 3 is 2.32 bits per heavy atom. The van der Waals surface area contributed by atoms with Crippen LogP contribution >= 0.6 is 0 Å². The first-order chi connectivity index (χ1) is 11.6. The van der Waals surface area contributed by atoms with E-state index in [1.54, 1.807) is 0 Å². The highest BCUT2D eigenvalue weighted by Crippen LogP contribution is 2.31. The molecule has 1 aromatic heterocycles. The van der Waals surface area contributed by atoms with Crippen molar-refractivity contribution >= 4 is 9.84 Å². The summed E-state index contributed by atoms with van der Waals surface area (Å²) in [6.07, 6.45) is -1.99. The highest BCUT2D eigenvalue weighted by molar-refractivity contribution is 7.90. The number of aromatic nitrogens is 3. The quantitative estimate of drug-likeness (QED) is 0.712. The molecule has 3 rings (SSSR count). The molecule has 0 unspecified atom stereocenters. The second kappa shape index (κ2) is 5.99. The molecule has 5 nitrogen and oxygen atoms in total. The van der Waals surface area contributed by atoms with Crippen LogP contribution in [0.25, 0.3) is 16.9 Å². The minimum Gasteiger partial charge on any atom is -0.224 e. The lowest BCUT2D eigenvalue weighted by molar-refractivity contribution is -0.137. The molecule has 1 heterocycles. The van der Waals surface area contributed by atoms with E-state index in [-0.39, 0.29) is 16.2 Å². The Balaban J connectivity index is 1.93. The SMILES string of the molecule is CS(=O)(=O)c1ccc(-n2ncc(-c3cccc(C(F)(F)F)c3)n2)cc1. The van der Waals surface area contributed by atoms with Crippen molar-refractivity contribution in [2.24, 2.45) is 0 Å². The minimum atomic E-state index is -4.44. The zero-order valence-electron chi connectivity index (χ0n) is 12.9. The third-order valence-electron chi connectivity index (χ3n) is 3.47. The molecule has 0 saturated carbocycles. The summed E-state index contributed by atoms with van der Waals surface area (Å²) in [6, 6.07) is 10.7. The fourth-order valence-corrected chi connectivity index (χ4v) is 2.83. The van der Waals surface area contributed by atoms with Crippen LogP contribution in [0.1, 0.15) is 5.56 Å². The Morgan fingerprint density at radius 1 is 1.04 bits per heavy atom. The second-order valence-electron chi connectivity index (χ2n) is 5.36. The lowest BCUT2D eigenvalue weighted by atomic mass is 10.1. The molecule has 0 aliphatic rings. The Hall–Kier alpha value is -2.68. The zero-order valence-corrected chi connectivity index (χ0v) is 13.7. The summed E-state index contributed by atoms with van der Waals surface area (Å²) in [5.74, 6) is 0. The number of nitrogens with zero attached hydrogens (tertiary/aromatic N) is 3. The molecule has 0 radical (unpaired) electrons. The van der Waals surface area contributed by atoms with Crippen LogP contribution in [0, 0.1) is 0 Å². The molecule has 0 N–H and O–H groups in total. The molecule has 0 spiro atoms. The van der Waals surface area contributed by atoms with Gasteiger partial charge in [0, 0.05) is 11.8 Å². The van der Waals surface area contributed by atoms with Gasteiger partial charge >= 0.3 is 6.18 Å². The number of hydrogen-bond acceptors (Lipinski definition) is 4. The topological polar surface area (TPSA) is 64.8 Å². The van der Waals surface area contributed by atoms with Crippen molar-refractivity contribution in [2.75, 3.05) is 6.26 Å². The second-order valence-corrected chi connectivity index (χ2v) is 7.38. The minimum absolute atomic E-state index is 0.154. The molecule has 0 saturated heterocycles. The normalized spacial score (nSPS) is 12.3. The fraction of sp³-hybridized carbons (Fsp3) is 0.125. The predicted octanol–water partition coefficient (Wildman–Crippen LogP) is 3.36. The Bertz CT molecular complexity index is 1010. The van der Waals surface area contributed by atoms with Gasteiger partial charge in [0.2, 0.25) is 0 Å². The van der Waals surface area contributed by atoms with Gasteiger partial charge in [-0.15, -0.1) is 5.10 Å². The number of halogens is 3. The molecule has 0 aliphatic carbocycles. The lowest BCUT2D eigenvalue weighted by Crippen LogP contribution is -2.04. The summed E-state index contributed by atoms with van der Waals surface area (Å²) in [6.45, 7) is 0. The van der Waals surface area contributed by atoms with Gasteiger partial charge in [-0.25, -0.2) is 8.42 Å². The van der Waals surface area contributed by atoms with Crippen molar-refractivity contribution in [1.29, 1.82) is 0 Å². The molecule has 2 aromatic carbocycles. The first-order valence-electron chi connectivity index (χ1n) is 7.05. The van der Waals surface area contributed by atoms with E-state index in [1.165, 1.54) is 47.4 Å². The van der Waals surface area contributed by atoms with E-state index in [4.69, 9.17) is 0 Å². The van der Waals surface area contributed by atoms with Crippen LogP contribution < -0.4 is 0 Å². The van der Waals surface area contributed by atoms with Crippen LogP contribution in [-0.4, -0.2) is 29.7 Å². The van der Waals surface area contributed by atoms with Gasteiger partial charge in [0.15, 0.2) is 9.84 Å². The molecule has 3 aromatic rings. The summed E-state index contributed by atoms with van der Waals surface area (Å²) < 4.78 is 61.3. The number of rotatable bonds is 3. The van der Waals surface area contributed by atoms with Gasteiger partial charge < -0.3 is 0 Å². The fourth-order valence-electron chi connectivity index (χ4n) is 2.20. The van der Waals surface area contributed by atoms with E-state index < -0.39 is 21.6 Å². The van der Waals surface area contributed by atoms with Gasteiger partial charge in [0.1, 0.15) is 5.69 Å². The van der Waals surface area contributed by atoms with Crippen molar-refractivity contribution < 1.29 is 21.6 Å². The Morgan fingerprint density at radius 2 is 1.72 bits per heavy atom. The third kappa shape index (κ3) is 3.71. The van der Waals surface area contributed by atoms with Gasteiger partial charge in [-0.2, -0.15) is 23.1 Å². The summed E-state index contributed by atoms with van der Waals surface area (Å²) in [4.78, 5) is 1.38. The molecule has 0 amide bonds. The van der Waals surface area contributed by atoms with Crippen molar-refractivity contribution in [3.8, 4) is 16.9 Å². The number of benzene rings is 2. The highest BCUT2D eigenvalue weighted by atomic mass is 32.2. The largest absolute Gasteiger partial charge is 0.416 e. The Labute approximate surface area is 141 Å². The molecular weight excluding hydrogens is 355 g/mol. The van der Waals surface area contributed by atoms with Crippen LogP contribution in [0.15, 0.2) is 59.6 Å². The monoisotopic (exact) mass is 367 g/mol. The van der Waals surface area contributed by atoms with Crippen molar-refractivity contribution in [3.63, 3.8) is 0 Å². The van der Waals surface area contributed by atoms with Crippen LogP contribution in [0.4, 0.5) is 13.2 Å². The molecule has 130 valence electrons. The Kier molecular flexibility index (Phi) is 4.11. The van der Waals surface area contributed by atoms with Crippen LogP contribution in [-0.2, 0) is 16.0 Å². The van der Waals surface area contributed by atoms with Crippen LogP contribution in [0.2, 0.25) is 0 Å². The summed E-state index contributed by atoms with van der Waals surface area (Å²) in [5.41, 5.74) is 0.287. The van der Waals surface area contributed by atoms with Gasteiger partial charge in [-0.1, -0.05) is 12.1 Å². The van der Waals surface area contributed by atoms with Gasteiger partial charge in [0.05, 0.1) is 22.3 Å². The maximum atomic E-state index is 12.8. The summed E-state index contributed by atoms with van der Waals surface area (Å²) >= 11 is 0. The average molecular weight is 367 g/mol. The number of hydrogen-bond donors (Lipinski definition) is 0. The van der Waals surface area contributed by atoms with Gasteiger partial charge in [-0.3, -0.25) is 0 Å². The van der Waals surface area contributed by atoms with Crippen molar-refractivity contribution in [1.82, 2.24) is 15.0 Å². The highest BCUT2D eigenvalue weighted by Gasteiger charge is 2.30. The van der Waals surface area contributed by atoms with E-state index >= 15 is 0 Å². The smallest absolute Gasteiger partial charge is 0.224 e. The molecule has 0 bridgehead atoms. The molecule has 0 fully saturated rings. The van der Waals surface area contributed by atoms with Gasteiger partial charge in [0.25, 0.3) is 0 Å². The van der Waals surface area contributed by atoms with Gasteiger partial charge in [-0.05, 0) is 36.4 Å². The maximum Gasteiger partial charge on any atom is 0.416 e. The molecule has 0 atom stereocenters. The summed E-state index contributed by atoms with van der Waals surface area (Å²) in [5, 5.41) is 8.18. The van der Waals surface area contributed by atoms with E-state index in [1.807, 2.05) is 0 Å². The van der Waals surface area contributed by atoms with E-state index in [0.29, 0.717) is 5.69 Å². The zero-order chi connectivity index (χ0) is 18.2. The average Bonchev–Trinajstić information content (AvgIpc) is 3.03. The van der Waals surface area contributed by atoms with Crippen LogP contribution in [0.3, 0.4) is 0 Å². The van der Waals surface area contributed by atoms with Crippen LogP contribution in [0.5, 0.6) is 0 Å². The third-order valence-corrected chi connectivity index (χ3v) is 4.60. The summed E-state index contributed by atoms with van der Waals surface area (Å²) in [7, 11) is -3.31. The standard InChI is InChI=1S/C16H12F3N3O2S/c1-25(23,24)14-7-5-13(6-8-14)22-20-10-15(21-22)11-3-2-4-12(9-11)16(17,18)19/h2-10H,1H3. The first kappa shape index (κ1) is 17.2. The number of alkyl halides is 3. The number of sulfone groups is 1. The molecule has 9 heteroatoms. The van der Waals surface area contributed by atoms with Crippen molar-refractivity contribution in [2.45, 2.75) is 11.1 Å². The van der Waals surface area contributed by atoms with E-state index in [0.717, 1.165) is 18.4 Å². The lowest BCUT2D eigenvalue weighted by Gasteiger charge is -2.07.